The zero-order valence-corrected chi connectivity index (χ0v) is 11.1. The third-order valence-electron chi connectivity index (χ3n) is 3.58. The number of carbonyl (C=O) groups excluding carboxylic acids is 1. The molecule has 5 nitrogen and oxygen atoms in total. The maximum absolute atomic E-state index is 11.6. The molecule has 5 heteroatoms. The summed E-state index contributed by atoms with van der Waals surface area (Å²) in [6.07, 6.45) is 5.00. The molecule has 0 bridgehead atoms. The Morgan fingerprint density at radius 2 is 1.89 bits per heavy atom. The SMILES string of the molecule is C=CCCC1(C(=O)O)CCN(C(=O)OCC=C)CC1. The number of hydrogen-bond donors (Lipinski definition) is 1. The molecule has 1 amide bonds. The van der Waals surface area contributed by atoms with Gasteiger partial charge in [-0.25, -0.2) is 4.79 Å². The van der Waals surface area contributed by atoms with E-state index in [0.29, 0.717) is 38.8 Å². The molecule has 0 aromatic carbocycles. The number of hydrogen-bond acceptors (Lipinski definition) is 3. The van der Waals surface area contributed by atoms with Crippen LogP contribution < -0.4 is 0 Å². The Hall–Kier alpha value is -1.78. The van der Waals surface area contributed by atoms with Crippen LogP contribution in [0.2, 0.25) is 0 Å². The number of allylic oxidation sites excluding steroid dienone is 1. The van der Waals surface area contributed by atoms with E-state index in [9.17, 15) is 14.7 Å². The summed E-state index contributed by atoms with van der Waals surface area (Å²) in [6, 6.07) is 0. The zero-order chi connectivity index (χ0) is 14.3. The first-order chi connectivity index (χ1) is 9.05. The third-order valence-corrected chi connectivity index (χ3v) is 3.58. The number of aliphatic carboxylic acids is 1. The Kier molecular flexibility index (Phi) is 5.60. The molecule has 0 aromatic heterocycles. The fraction of sp³-hybridized carbons (Fsp3) is 0.571. The van der Waals surface area contributed by atoms with Crippen LogP contribution in [0.15, 0.2) is 25.3 Å². The molecule has 1 fully saturated rings. The highest BCUT2D eigenvalue weighted by atomic mass is 16.6. The molecular weight excluding hydrogens is 246 g/mol. The van der Waals surface area contributed by atoms with Crippen molar-refractivity contribution in [2.24, 2.45) is 5.41 Å². The second-order valence-electron chi connectivity index (χ2n) is 4.77. The molecule has 1 saturated heterocycles. The lowest BCUT2D eigenvalue weighted by Crippen LogP contribution is -2.46. The molecule has 0 spiro atoms. The molecule has 106 valence electrons. The van der Waals surface area contributed by atoms with Crippen LogP contribution in [0.1, 0.15) is 25.7 Å². The molecule has 1 N–H and O–H groups in total. The fourth-order valence-electron chi connectivity index (χ4n) is 2.29. The number of likely N-dealkylation sites (tertiary alicyclic amines) is 1. The molecular formula is C14H21NO4. The van der Waals surface area contributed by atoms with Crippen LogP contribution in [0.25, 0.3) is 0 Å². The maximum Gasteiger partial charge on any atom is 0.410 e. The predicted molar refractivity (Wildman–Crippen MR) is 71.9 cm³/mol. The Labute approximate surface area is 113 Å². The van der Waals surface area contributed by atoms with Crippen LogP contribution in [0, 0.1) is 5.41 Å². The molecule has 1 aliphatic heterocycles. The molecule has 1 rings (SSSR count). The van der Waals surface area contributed by atoms with E-state index in [1.54, 1.807) is 11.0 Å². The van der Waals surface area contributed by atoms with Crippen molar-refractivity contribution in [3.63, 3.8) is 0 Å². The first kappa shape index (κ1) is 15.3. The monoisotopic (exact) mass is 267 g/mol. The molecule has 0 radical (unpaired) electrons. The molecule has 0 saturated carbocycles. The number of nitrogens with zero attached hydrogens (tertiary/aromatic N) is 1. The number of carboxylic acid groups (broad SMARTS) is 1. The van der Waals surface area contributed by atoms with Crippen molar-refractivity contribution in [1.82, 2.24) is 4.90 Å². The molecule has 1 heterocycles. The van der Waals surface area contributed by atoms with Gasteiger partial charge in [0.2, 0.25) is 0 Å². The Morgan fingerprint density at radius 1 is 1.26 bits per heavy atom. The van der Waals surface area contributed by atoms with Crippen molar-refractivity contribution in [2.75, 3.05) is 19.7 Å². The van der Waals surface area contributed by atoms with E-state index in [2.05, 4.69) is 13.2 Å². The minimum Gasteiger partial charge on any atom is -0.481 e. The van der Waals surface area contributed by atoms with Gasteiger partial charge in [0.05, 0.1) is 5.41 Å². The van der Waals surface area contributed by atoms with Crippen molar-refractivity contribution >= 4 is 12.1 Å². The van der Waals surface area contributed by atoms with Gasteiger partial charge in [-0.15, -0.1) is 6.58 Å². The average molecular weight is 267 g/mol. The van der Waals surface area contributed by atoms with Gasteiger partial charge >= 0.3 is 12.1 Å². The minimum absolute atomic E-state index is 0.176. The van der Waals surface area contributed by atoms with Crippen molar-refractivity contribution in [1.29, 1.82) is 0 Å². The molecule has 0 atom stereocenters. The van der Waals surface area contributed by atoms with Crippen molar-refractivity contribution < 1.29 is 19.4 Å². The molecule has 1 aliphatic rings. The van der Waals surface area contributed by atoms with E-state index in [1.165, 1.54) is 6.08 Å². The number of carbonyl (C=O) groups is 2. The summed E-state index contributed by atoms with van der Waals surface area (Å²) in [5, 5.41) is 9.40. The summed E-state index contributed by atoms with van der Waals surface area (Å²) in [4.78, 5) is 24.6. The van der Waals surface area contributed by atoms with Gasteiger partial charge in [-0.05, 0) is 25.7 Å². The molecule has 0 aliphatic carbocycles. The predicted octanol–water partition coefficient (Wildman–Crippen LogP) is 2.44. The lowest BCUT2D eigenvalue weighted by Gasteiger charge is -2.38. The lowest BCUT2D eigenvalue weighted by atomic mass is 9.75. The van der Waals surface area contributed by atoms with Gasteiger partial charge in [0, 0.05) is 13.1 Å². The summed E-state index contributed by atoms with van der Waals surface area (Å²) >= 11 is 0. The second kappa shape index (κ2) is 6.97. The summed E-state index contributed by atoms with van der Waals surface area (Å²) in [5.74, 6) is -0.784. The number of piperidine rings is 1. The van der Waals surface area contributed by atoms with Crippen LogP contribution in [-0.2, 0) is 9.53 Å². The van der Waals surface area contributed by atoms with Gasteiger partial charge in [-0.3, -0.25) is 4.79 Å². The van der Waals surface area contributed by atoms with E-state index < -0.39 is 17.5 Å². The smallest absolute Gasteiger partial charge is 0.410 e. The number of amides is 1. The van der Waals surface area contributed by atoms with E-state index in [1.807, 2.05) is 0 Å². The highest BCUT2D eigenvalue weighted by molar-refractivity contribution is 5.75. The highest BCUT2D eigenvalue weighted by Gasteiger charge is 2.41. The minimum atomic E-state index is -0.784. The number of ether oxygens (including phenoxy) is 1. The van der Waals surface area contributed by atoms with Gasteiger partial charge in [0.1, 0.15) is 6.61 Å². The third kappa shape index (κ3) is 3.84. The van der Waals surface area contributed by atoms with Crippen LogP contribution in [0.3, 0.4) is 0 Å². The van der Waals surface area contributed by atoms with Gasteiger partial charge in [0.15, 0.2) is 0 Å². The van der Waals surface area contributed by atoms with Crippen molar-refractivity contribution in [3.05, 3.63) is 25.3 Å². The first-order valence-electron chi connectivity index (χ1n) is 6.42. The van der Waals surface area contributed by atoms with Crippen LogP contribution >= 0.6 is 0 Å². The van der Waals surface area contributed by atoms with Gasteiger partial charge < -0.3 is 14.7 Å². The Morgan fingerprint density at radius 3 is 2.37 bits per heavy atom. The Bertz CT molecular complexity index is 356. The van der Waals surface area contributed by atoms with Crippen LogP contribution in [0.5, 0.6) is 0 Å². The van der Waals surface area contributed by atoms with E-state index in [0.717, 1.165) is 0 Å². The van der Waals surface area contributed by atoms with Crippen molar-refractivity contribution in [3.8, 4) is 0 Å². The van der Waals surface area contributed by atoms with Crippen molar-refractivity contribution in [2.45, 2.75) is 25.7 Å². The number of rotatable bonds is 6. The molecule has 19 heavy (non-hydrogen) atoms. The molecule has 0 unspecified atom stereocenters. The Balaban J connectivity index is 2.57. The largest absolute Gasteiger partial charge is 0.481 e. The van der Waals surface area contributed by atoms with E-state index >= 15 is 0 Å². The average Bonchev–Trinajstić information content (AvgIpc) is 2.42. The van der Waals surface area contributed by atoms with E-state index in [4.69, 9.17) is 4.74 Å². The number of carboxylic acids is 1. The zero-order valence-electron chi connectivity index (χ0n) is 11.1. The fourth-order valence-corrected chi connectivity index (χ4v) is 2.29. The first-order valence-corrected chi connectivity index (χ1v) is 6.42. The second-order valence-corrected chi connectivity index (χ2v) is 4.77. The van der Waals surface area contributed by atoms with Gasteiger partial charge in [0.25, 0.3) is 0 Å². The summed E-state index contributed by atoms with van der Waals surface area (Å²) in [5.41, 5.74) is -0.733. The lowest BCUT2D eigenvalue weighted by molar-refractivity contribution is -0.152. The normalized spacial score (nSPS) is 17.6. The van der Waals surface area contributed by atoms with Gasteiger partial charge in [-0.2, -0.15) is 0 Å². The quantitative estimate of drug-likeness (QED) is 0.751. The summed E-state index contributed by atoms with van der Waals surface area (Å²) < 4.78 is 4.95. The maximum atomic E-state index is 11.6. The topological polar surface area (TPSA) is 66.8 Å². The van der Waals surface area contributed by atoms with Crippen LogP contribution in [0.4, 0.5) is 4.79 Å². The van der Waals surface area contributed by atoms with Gasteiger partial charge in [-0.1, -0.05) is 18.7 Å². The summed E-state index contributed by atoms with van der Waals surface area (Å²) in [7, 11) is 0. The summed E-state index contributed by atoms with van der Waals surface area (Å²) in [6.45, 7) is 8.11. The van der Waals surface area contributed by atoms with Crippen LogP contribution in [-0.4, -0.2) is 41.8 Å². The standard InChI is InChI=1S/C14H21NO4/c1-3-5-6-14(12(16)17)7-9-15(10-8-14)13(18)19-11-4-2/h3-4H,1-2,5-11H2,(H,16,17). The van der Waals surface area contributed by atoms with E-state index in [-0.39, 0.29) is 6.61 Å². The molecule has 0 aromatic rings. The highest BCUT2D eigenvalue weighted by Crippen LogP contribution is 2.36.